The summed E-state index contributed by atoms with van der Waals surface area (Å²) < 4.78 is 47.0. The van der Waals surface area contributed by atoms with E-state index in [0.29, 0.717) is 22.4 Å². The Morgan fingerprint density at radius 3 is 2.48 bits per heavy atom. The molecule has 1 aliphatic carbocycles. The van der Waals surface area contributed by atoms with Crippen LogP contribution in [-0.2, 0) is 16.4 Å². The van der Waals surface area contributed by atoms with Crippen LogP contribution in [0.3, 0.4) is 0 Å². The molecule has 0 bridgehead atoms. The van der Waals surface area contributed by atoms with Crippen LogP contribution in [0.1, 0.15) is 59.9 Å². The van der Waals surface area contributed by atoms with Crippen LogP contribution in [0.5, 0.6) is 0 Å². The Kier molecular flexibility index (Phi) is 5.51. The largest absolute Gasteiger partial charge is 0.460 e. The van der Waals surface area contributed by atoms with Crippen LogP contribution in [0.4, 0.5) is 10.1 Å². The highest BCUT2D eigenvalue weighted by atomic mass is 32.2. The molecule has 6 nitrogen and oxygen atoms in total. The second-order valence-electron chi connectivity index (χ2n) is 8.55. The Hall–Kier alpha value is -2.87. The Balaban J connectivity index is 1.80. The molecule has 8 heteroatoms. The molecule has 0 radical (unpaired) electrons. The molecule has 0 unspecified atom stereocenters. The van der Waals surface area contributed by atoms with Crippen molar-refractivity contribution >= 4 is 32.6 Å². The van der Waals surface area contributed by atoms with Gasteiger partial charge in [0.25, 0.3) is 5.91 Å². The van der Waals surface area contributed by atoms with Crippen LogP contribution in [0.15, 0.2) is 40.8 Å². The highest BCUT2D eigenvalue weighted by molar-refractivity contribution is 7.92. The molecule has 1 amide bonds. The molecule has 2 aromatic carbocycles. The van der Waals surface area contributed by atoms with Crippen LogP contribution >= 0.6 is 0 Å². The van der Waals surface area contributed by atoms with Crippen molar-refractivity contribution in [1.82, 2.24) is 0 Å². The van der Waals surface area contributed by atoms with Gasteiger partial charge in [-0.1, -0.05) is 26.0 Å². The van der Waals surface area contributed by atoms with Gasteiger partial charge in [-0.15, -0.1) is 0 Å². The van der Waals surface area contributed by atoms with Crippen molar-refractivity contribution in [2.75, 3.05) is 10.5 Å². The molecule has 1 heterocycles. The van der Waals surface area contributed by atoms with Gasteiger partial charge in [-0.05, 0) is 54.0 Å². The highest BCUT2D eigenvalue weighted by Gasteiger charge is 2.30. The van der Waals surface area contributed by atoms with Crippen LogP contribution in [0.2, 0.25) is 0 Å². The second kappa shape index (κ2) is 8.00. The van der Waals surface area contributed by atoms with Crippen molar-refractivity contribution in [3.05, 3.63) is 64.7 Å². The van der Waals surface area contributed by atoms with Gasteiger partial charge in [0.1, 0.15) is 17.2 Å². The van der Waals surface area contributed by atoms with Crippen molar-refractivity contribution in [3.63, 3.8) is 0 Å². The zero-order chi connectivity index (χ0) is 22.3. The predicted octanol–water partition coefficient (Wildman–Crippen LogP) is 4.54. The number of carbonyl (C=O) groups excluding carboxylic acids is 1. The number of rotatable bonds is 8. The number of nitrogens with one attached hydrogen (secondary N) is 1. The molecule has 0 saturated heterocycles. The van der Waals surface area contributed by atoms with E-state index in [1.807, 2.05) is 19.9 Å². The van der Waals surface area contributed by atoms with Gasteiger partial charge in [0.2, 0.25) is 10.0 Å². The Morgan fingerprint density at radius 2 is 1.90 bits per heavy atom. The molecule has 0 spiro atoms. The third kappa shape index (κ3) is 4.74. The zero-order valence-corrected chi connectivity index (χ0v) is 18.3. The number of primary amides is 1. The fourth-order valence-electron chi connectivity index (χ4n) is 3.86. The number of sulfonamides is 1. The molecule has 1 aromatic heterocycles. The second-order valence-corrected chi connectivity index (χ2v) is 10.3. The summed E-state index contributed by atoms with van der Waals surface area (Å²) in [6, 6.07) is 9.38. The summed E-state index contributed by atoms with van der Waals surface area (Å²) in [5.74, 6) is -0.370. The molecule has 1 aliphatic rings. The lowest BCUT2D eigenvalue weighted by Crippen LogP contribution is -2.20. The standard InChI is InChI=1S/C23H25FN2O4S/c1-13(2)12-31(28,29)26-19-11-20-18(10-17(19)15-5-6-15)22(23(25)27)21(30-20)9-14-3-7-16(24)8-4-14/h3-4,7-8,10-11,13,15,26H,5-6,9,12H2,1-2H3,(H2,25,27). The zero-order valence-electron chi connectivity index (χ0n) is 17.4. The minimum Gasteiger partial charge on any atom is -0.460 e. The number of hydrogen-bond donors (Lipinski definition) is 2. The van der Waals surface area contributed by atoms with Gasteiger partial charge in [0.05, 0.1) is 17.0 Å². The lowest BCUT2D eigenvalue weighted by Gasteiger charge is -2.14. The number of anilines is 1. The summed E-state index contributed by atoms with van der Waals surface area (Å²) in [6.45, 7) is 3.69. The SMILES string of the molecule is CC(C)CS(=O)(=O)Nc1cc2oc(Cc3ccc(F)cc3)c(C(N)=O)c2cc1C1CC1. The monoisotopic (exact) mass is 444 g/mol. The van der Waals surface area contributed by atoms with Gasteiger partial charge >= 0.3 is 0 Å². The van der Waals surface area contributed by atoms with E-state index in [1.54, 1.807) is 18.2 Å². The number of amides is 1. The molecule has 3 N–H and O–H groups in total. The van der Waals surface area contributed by atoms with Gasteiger partial charge in [0, 0.05) is 17.9 Å². The van der Waals surface area contributed by atoms with E-state index in [2.05, 4.69) is 4.72 Å². The molecule has 164 valence electrons. The summed E-state index contributed by atoms with van der Waals surface area (Å²) in [6.07, 6.45) is 2.17. The van der Waals surface area contributed by atoms with Crippen LogP contribution in [0, 0.1) is 11.7 Å². The predicted molar refractivity (Wildman–Crippen MR) is 118 cm³/mol. The molecule has 1 saturated carbocycles. The fourth-order valence-corrected chi connectivity index (χ4v) is 5.33. The van der Waals surface area contributed by atoms with Crippen molar-refractivity contribution in [3.8, 4) is 0 Å². The van der Waals surface area contributed by atoms with Crippen molar-refractivity contribution in [1.29, 1.82) is 0 Å². The maximum atomic E-state index is 13.2. The van der Waals surface area contributed by atoms with Crippen LogP contribution < -0.4 is 10.5 Å². The summed E-state index contributed by atoms with van der Waals surface area (Å²) in [7, 11) is -3.52. The number of furan rings is 1. The molecule has 0 aliphatic heterocycles. The van der Waals surface area contributed by atoms with E-state index in [0.717, 1.165) is 24.0 Å². The van der Waals surface area contributed by atoms with Crippen LogP contribution in [0.25, 0.3) is 11.0 Å². The minimum absolute atomic E-state index is 0.00957. The lowest BCUT2D eigenvalue weighted by atomic mass is 10.0. The number of halogens is 1. The first kappa shape index (κ1) is 21.4. The van der Waals surface area contributed by atoms with E-state index in [9.17, 15) is 17.6 Å². The first-order valence-corrected chi connectivity index (χ1v) is 11.9. The quantitative estimate of drug-likeness (QED) is 0.532. The maximum absolute atomic E-state index is 13.2. The number of fused-ring (bicyclic) bond motifs is 1. The van der Waals surface area contributed by atoms with Crippen molar-refractivity contribution < 1.29 is 22.0 Å². The minimum atomic E-state index is -3.52. The fraction of sp³-hybridized carbons (Fsp3) is 0.348. The summed E-state index contributed by atoms with van der Waals surface area (Å²) in [4.78, 5) is 12.3. The van der Waals surface area contributed by atoms with Gasteiger partial charge in [-0.2, -0.15) is 0 Å². The van der Waals surface area contributed by atoms with E-state index < -0.39 is 15.9 Å². The number of nitrogens with two attached hydrogens (primary N) is 1. The molecule has 3 aromatic rings. The average Bonchev–Trinajstić information content (AvgIpc) is 3.43. The van der Waals surface area contributed by atoms with E-state index in [-0.39, 0.29) is 35.4 Å². The summed E-state index contributed by atoms with van der Waals surface area (Å²) >= 11 is 0. The van der Waals surface area contributed by atoms with E-state index >= 15 is 0 Å². The normalized spacial score (nSPS) is 14.3. The van der Waals surface area contributed by atoms with Crippen LogP contribution in [-0.4, -0.2) is 20.1 Å². The average molecular weight is 445 g/mol. The Morgan fingerprint density at radius 1 is 1.23 bits per heavy atom. The molecule has 0 atom stereocenters. The number of carbonyl (C=O) groups is 1. The molecular formula is C23H25FN2O4S. The maximum Gasteiger partial charge on any atom is 0.252 e. The van der Waals surface area contributed by atoms with Gasteiger partial charge < -0.3 is 10.2 Å². The Bertz CT molecular complexity index is 1240. The number of hydrogen-bond acceptors (Lipinski definition) is 4. The van der Waals surface area contributed by atoms with Crippen molar-refractivity contribution in [2.24, 2.45) is 11.7 Å². The number of benzene rings is 2. The smallest absolute Gasteiger partial charge is 0.252 e. The summed E-state index contributed by atoms with van der Waals surface area (Å²) in [5, 5.41) is 0.568. The molecule has 4 rings (SSSR count). The lowest BCUT2D eigenvalue weighted by molar-refractivity contribution is 0.1000. The van der Waals surface area contributed by atoms with Gasteiger partial charge in [-0.3, -0.25) is 9.52 Å². The Labute approximate surface area is 180 Å². The third-order valence-corrected chi connectivity index (χ3v) is 6.93. The summed E-state index contributed by atoms with van der Waals surface area (Å²) in [5.41, 5.74) is 8.42. The van der Waals surface area contributed by atoms with Crippen molar-refractivity contribution in [2.45, 2.75) is 39.0 Å². The van der Waals surface area contributed by atoms with E-state index in [1.165, 1.54) is 12.1 Å². The first-order chi connectivity index (χ1) is 14.6. The third-order valence-electron chi connectivity index (χ3n) is 5.29. The van der Waals surface area contributed by atoms with Gasteiger partial charge in [-0.25, -0.2) is 12.8 Å². The molecule has 1 fully saturated rings. The molecule has 31 heavy (non-hydrogen) atoms. The molecular weight excluding hydrogens is 419 g/mol. The first-order valence-electron chi connectivity index (χ1n) is 10.3. The van der Waals surface area contributed by atoms with E-state index in [4.69, 9.17) is 10.2 Å². The highest BCUT2D eigenvalue weighted by Crippen LogP contribution is 2.46. The van der Waals surface area contributed by atoms with Gasteiger partial charge in [0.15, 0.2) is 0 Å². The topological polar surface area (TPSA) is 102 Å².